The lowest BCUT2D eigenvalue weighted by atomic mass is 10.1. The van der Waals surface area contributed by atoms with Gasteiger partial charge in [-0.3, -0.25) is 4.79 Å². The second-order valence-electron chi connectivity index (χ2n) is 7.01. The number of benzene rings is 2. The van der Waals surface area contributed by atoms with Crippen LogP contribution in [0, 0.1) is 6.92 Å². The molecule has 3 aromatic rings. The maximum Gasteiger partial charge on any atom is 0.248 e. The lowest BCUT2D eigenvalue weighted by molar-refractivity contribution is -0.111. The minimum absolute atomic E-state index is 0.195. The van der Waals surface area contributed by atoms with Crippen LogP contribution in [0.3, 0.4) is 0 Å². The van der Waals surface area contributed by atoms with E-state index in [1.54, 1.807) is 12.1 Å². The van der Waals surface area contributed by atoms with Crippen molar-refractivity contribution >= 4 is 46.0 Å². The highest BCUT2D eigenvalue weighted by Gasteiger charge is 2.14. The molecule has 1 saturated heterocycles. The molecule has 1 amide bonds. The van der Waals surface area contributed by atoms with Crippen molar-refractivity contribution in [3.05, 3.63) is 70.8 Å². The number of rotatable bonds is 4. The van der Waals surface area contributed by atoms with E-state index in [1.807, 2.05) is 36.4 Å². The smallest absolute Gasteiger partial charge is 0.248 e. The van der Waals surface area contributed by atoms with Crippen LogP contribution >= 0.6 is 11.6 Å². The Balaban J connectivity index is 1.51. The van der Waals surface area contributed by atoms with Gasteiger partial charge in [0, 0.05) is 35.3 Å². The highest BCUT2D eigenvalue weighted by atomic mass is 35.5. The summed E-state index contributed by atoms with van der Waals surface area (Å²) in [6, 6.07) is 15.2. The molecule has 1 aromatic heterocycles. The number of hydrogen-bond donors (Lipinski definition) is 1. The summed E-state index contributed by atoms with van der Waals surface area (Å²) < 4.78 is 5.42. The van der Waals surface area contributed by atoms with Gasteiger partial charge in [-0.05, 0) is 60.5 Å². The van der Waals surface area contributed by atoms with Crippen LogP contribution in [-0.2, 0) is 9.53 Å². The van der Waals surface area contributed by atoms with Gasteiger partial charge in [-0.15, -0.1) is 0 Å². The summed E-state index contributed by atoms with van der Waals surface area (Å²) in [7, 11) is 0. The summed E-state index contributed by atoms with van der Waals surface area (Å²) >= 11 is 5.97. The van der Waals surface area contributed by atoms with E-state index in [0.29, 0.717) is 5.02 Å². The number of anilines is 2. The number of amides is 1. The Morgan fingerprint density at radius 1 is 1.17 bits per heavy atom. The van der Waals surface area contributed by atoms with E-state index in [-0.39, 0.29) is 5.91 Å². The molecule has 5 nitrogen and oxygen atoms in total. The molecular formula is C23H22ClN3O2. The van der Waals surface area contributed by atoms with Gasteiger partial charge in [0.25, 0.3) is 0 Å². The Kier molecular flexibility index (Phi) is 5.79. The summed E-state index contributed by atoms with van der Waals surface area (Å²) in [5.41, 5.74) is 3.66. The number of nitrogens with zero attached hydrogens (tertiary/aromatic N) is 2. The van der Waals surface area contributed by atoms with Gasteiger partial charge in [0.05, 0.1) is 18.7 Å². The van der Waals surface area contributed by atoms with Crippen molar-refractivity contribution in [3.63, 3.8) is 0 Å². The van der Waals surface area contributed by atoms with Crippen LogP contribution in [0.4, 0.5) is 11.5 Å². The Labute approximate surface area is 175 Å². The van der Waals surface area contributed by atoms with Crippen LogP contribution in [0.1, 0.15) is 11.1 Å². The molecule has 0 radical (unpaired) electrons. The quantitative estimate of drug-likeness (QED) is 0.638. The van der Waals surface area contributed by atoms with Gasteiger partial charge in [0.2, 0.25) is 5.91 Å². The van der Waals surface area contributed by atoms with Crippen molar-refractivity contribution in [2.75, 3.05) is 36.5 Å². The van der Waals surface area contributed by atoms with Gasteiger partial charge >= 0.3 is 0 Å². The number of fused-ring (bicyclic) bond motifs is 1. The number of carbonyl (C=O) groups excluding carboxylic acids is 1. The molecule has 1 N–H and O–H groups in total. The maximum atomic E-state index is 12.3. The molecule has 6 heteroatoms. The standard InChI is InChI=1S/C23H22ClN3O2/c1-16-13-22(27-9-11-29-12-10-27)26-21-7-6-19(15-20(16)21)25-23(28)8-5-17-3-2-4-18(24)14-17/h2-8,13-15H,9-12H2,1H3,(H,25,28). The Hall–Kier alpha value is -2.89. The van der Waals surface area contributed by atoms with Crippen LogP contribution in [0.2, 0.25) is 5.02 Å². The number of nitrogens with one attached hydrogen (secondary N) is 1. The second-order valence-corrected chi connectivity index (χ2v) is 7.44. The zero-order chi connectivity index (χ0) is 20.2. The second kappa shape index (κ2) is 8.64. The van der Waals surface area contributed by atoms with Crippen molar-refractivity contribution in [1.29, 1.82) is 0 Å². The number of pyridine rings is 1. The van der Waals surface area contributed by atoms with Gasteiger partial charge in [0.1, 0.15) is 5.82 Å². The summed E-state index contributed by atoms with van der Waals surface area (Å²) in [5, 5.41) is 4.58. The van der Waals surface area contributed by atoms with Crippen LogP contribution in [0.25, 0.3) is 17.0 Å². The molecule has 0 aliphatic carbocycles. The van der Waals surface area contributed by atoms with Gasteiger partial charge in [0.15, 0.2) is 0 Å². The summed E-state index contributed by atoms with van der Waals surface area (Å²) in [5.74, 6) is 0.777. The number of ether oxygens (including phenoxy) is 1. The summed E-state index contributed by atoms with van der Waals surface area (Å²) in [6.07, 6.45) is 3.24. The highest BCUT2D eigenvalue weighted by Crippen LogP contribution is 2.26. The Morgan fingerprint density at radius 2 is 2.00 bits per heavy atom. The fourth-order valence-corrected chi connectivity index (χ4v) is 3.57. The molecule has 1 fully saturated rings. The monoisotopic (exact) mass is 407 g/mol. The van der Waals surface area contributed by atoms with Crippen LogP contribution in [0.15, 0.2) is 54.6 Å². The number of morpholine rings is 1. The van der Waals surface area contributed by atoms with Crippen molar-refractivity contribution in [3.8, 4) is 0 Å². The first kappa shape index (κ1) is 19.4. The predicted octanol–water partition coefficient (Wildman–Crippen LogP) is 4.69. The minimum atomic E-state index is -0.195. The molecule has 1 aliphatic heterocycles. The van der Waals surface area contributed by atoms with Gasteiger partial charge in [-0.2, -0.15) is 0 Å². The van der Waals surface area contributed by atoms with Crippen LogP contribution in [0.5, 0.6) is 0 Å². The molecular weight excluding hydrogens is 386 g/mol. The largest absolute Gasteiger partial charge is 0.378 e. The van der Waals surface area contributed by atoms with Gasteiger partial charge < -0.3 is 15.0 Å². The van der Waals surface area contributed by atoms with Crippen molar-refractivity contribution in [1.82, 2.24) is 4.98 Å². The fourth-order valence-electron chi connectivity index (χ4n) is 3.37. The van der Waals surface area contributed by atoms with Crippen molar-refractivity contribution < 1.29 is 9.53 Å². The topological polar surface area (TPSA) is 54.5 Å². The Bertz CT molecular complexity index is 1070. The SMILES string of the molecule is Cc1cc(N2CCOCC2)nc2ccc(NC(=O)C=Cc3cccc(Cl)c3)cc12. The van der Waals surface area contributed by atoms with Gasteiger partial charge in [-0.1, -0.05) is 23.7 Å². The molecule has 2 aromatic carbocycles. The number of halogens is 1. The summed E-state index contributed by atoms with van der Waals surface area (Å²) in [6.45, 7) is 5.23. The first-order chi connectivity index (χ1) is 14.1. The third-order valence-corrected chi connectivity index (χ3v) is 5.12. The number of hydrogen-bond acceptors (Lipinski definition) is 4. The van der Waals surface area contributed by atoms with E-state index in [0.717, 1.165) is 59.8 Å². The average molecular weight is 408 g/mol. The van der Waals surface area contributed by atoms with E-state index in [1.165, 1.54) is 6.08 Å². The number of carbonyl (C=O) groups is 1. The molecule has 0 atom stereocenters. The molecule has 0 saturated carbocycles. The zero-order valence-electron chi connectivity index (χ0n) is 16.2. The molecule has 29 heavy (non-hydrogen) atoms. The van der Waals surface area contributed by atoms with Crippen molar-refractivity contribution in [2.24, 2.45) is 0 Å². The number of aryl methyl sites for hydroxylation is 1. The van der Waals surface area contributed by atoms with Crippen LogP contribution < -0.4 is 10.2 Å². The van der Waals surface area contributed by atoms with Crippen molar-refractivity contribution in [2.45, 2.75) is 6.92 Å². The molecule has 2 heterocycles. The lowest BCUT2D eigenvalue weighted by Crippen LogP contribution is -2.36. The van der Waals surface area contributed by atoms with E-state index in [9.17, 15) is 4.79 Å². The van der Waals surface area contributed by atoms with E-state index < -0.39 is 0 Å². The predicted molar refractivity (Wildman–Crippen MR) is 119 cm³/mol. The molecule has 0 spiro atoms. The van der Waals surface area contributed by atoms with Crippen LogP contribution in [-0.4, -0.2) is 37.2 Å². The molecule has 0 unspecified atom stereocenters. The normalized spacial score (nSPS) is 14.5. The molecule has 1 aliphatic rings. The molecule has 0 bridgehead atoms. The fraction of sp³-hybridized carbons (Fsp3) is 0.217. The maximum absolute atomic E-state index is 12.3. The molecule has 148 valence electrons. The third kappa shape index (κ3) is 4.75. The van der Waals surface area contributed by atoms with E-state index >= 15 is 0 Å². The molecule has 4 rings (SSSR count). The zero-order valence-corrected chi connectivity index (χ0v) is 16.9. The minimum Gasteiger partial charge on any atom is -0.378 e. The van der Waals surface area contributed by atoms with E-state index in [2.05, 4.69) is 23.2 Å². The van der Waals surface area contributed by atoms with Gasteiger partial charge in [-0.25, -0.2) is 4.98 Å². The third-order valence-electron chi connectivity index (χ3n) is 4.88. The first-order valence-electron chi connectivity index (χ1n) is 9.57. The lowest BCUT2D eigenvalue weighted by Gasteiger charge is -2.28. The average Bonchev–Trinajstić information content (AvgIpc) is 2.73. The highest BCUT2D eigenvalue weighted by molar-refractivity contribution is 6.30. The van der Waals surface area contributed by atoms with E-state index in [4.69, 9.17) is 21.3 Å². The first-order valence-corrected chi connectivity index (χ1v) is 9.95. The summed E-state index contributed by atoms with van der Waals surface area (Å²) in [4.78, 5) is 19.3. The number of aromatic nitrogens is 1. The Morgan fingerprint density at radius 3 is 2.79 bits per heavy atom.